The molecule has 0 atom stereocenters. The minimum Gasteiger partial charge on any atom is -0.309 e. The lowest BCUT2D eigenvalue weighted by Crippen LogP contribution is -2.74. The molecule has 2 aromatic heterocycles. The smallest absolute Gasteiger partial charge is 0.179 e. The number of para-hydroxylation sites is 1. The molecule has 0 unspecified atom stereocenters. The molecule has 9 aromatic carbocycles. The molecule has 63 heavy (non-hydrogen) atoms. The van der Waals surface area contributed by atoms with Gasteiger partial charge in [0, 0.05) is 33.2 Å². The van der Waals surface area contributed by atoms with E-state index in [1.54, 1.807) is 0 Å². The van der Waals surface area contributed by atoms with E-state index in [-0.39, 0.29) is 0 Å². The molecule has 4 nitrogen and oxygen atoms in total. The summed E-state index contributed by atoms with van der Waals surface area (Å²) in [5.74, 6) is 1.86. The van der Waals surface area contributed by atoms with E-state index >= 15 is 0 Å². The number of hydrogen-bond acceptors (Lipinski definition) is 3. The van der Waals surface area contributed by atoms with Gasteiger partial charge in [0.25, 0.3) is 0 Å². The molecule has 11 aromatic rings. The van der Waals surface area contributed by atoms with Crippen molar-refractivity contribution < 1.29 is 0 Å². The van der Waals surface area contributed by atoms with E-state index in [9.17, 15) is 0 Å². The topological polar surface area (TPSA) is 43.6 Å². The zero-order valence-electron chi connectivity index (χ0n) is 34.8. The van der Waals surface area contributed by atoms with Gasteiger partial charge in [0.2, 0.25) is 0 Å². The molecular weight excluding hydrogens is 781 g/mol. The van der Waals surface area contributed by atoms with Crippen LogP contribution in [0.5, 0.6) is 0 Å². The molecule has 2 heterocycles. The molecule has 0 saturated carbocycles. The number of fused-ring (bicyclic) bond motifs is 3. The van der Waals surface area contributed by atoms with E-state index in [0.29, 0.717) is 17.5 Å². The summed E-state index contributed by atoms with van der Waals surface area (Å²) in [4.78, 5) is 15.8. The van der Waals surface area contributed by atoms with Gasteiger partial charge in [-0.15, -0.1) is 0 Å². The first kappa shape index (κ1) is 38.0. The van der Waals surface area contributed by atoms with Gasteiger partial charge in [0.15, 0.2) is 25.5 Å². The van der Waals surface area contributed by atoms with E-state index in [1.165, 1.54) is 37.1 Å². The summed E-state index contributed by atoms with van der Waals surface area (Å²) in [5, 5.41) is 7.72. The fourth-order valence-corrected chi connectivity index (χ4v) is 14.2. The number of benzene rings is 9. The van der Waals surface area contributed by atoms with Crippen LogP contribution in [0.4, 0.5) is 0 Å². The van der Waals surface area contributed by atoms with Crippen molar-refractivity contribution >= 4 is 50.6 Å². The van der Waals surface area contributed by atoms with Crippen molar-refractivity contribution in [3.05, 3.63) is 242 Å². The van der Waals surface area contributed by atoms with Crippen molar-refractivity contribution in [3.8, 4) is 51.0 Å². The number of rotatable bonds is 9. The van der Waals surface area contributed by atoms with Crippen molar-refractivity contribution in [2.75, 3.05) is 0 Å². The highest BCUT2D eigenvalue weighted by Gasteiger charge is 2.41. The molecule has 5 heteroatoms. The van der Waals surface area contributed by atoms with Crippen LogP contribution in [-0.2, 0) is 0 Å². The predicted molar refractivity (Wildman–Crippen MR) is 264 cm³/mol. The second kappa shape index (κ2) is 16.1. The lowest BCUT2D eigenvalue weighted by Gasteiger charge is -2.34. The lowest BCUT2D eigenvalue weighted by molar-refractivity contribution is 1.07. The molecular formula is C58H42N4Si. The molecule has 298 valence electrons. The van der Waals surface area contributed by atoms with Crippen LogP contribution in [0.25, 0.3) is 72.8 Å². The zero-order chi connectivity index (χ0) is 42.2. The molecule has 0 bridgehead atoms. The van der Waals surface area contributed by atoms with Crippen molar-refractivity contribution in [1.82, 2.24) is 19.5 Å². The minimum absolute atomic E-state index is 0.610. The first-order valence-electron chi connectivity index (χ1n) is 21.4. The van der Waals surface area contributed by atoms with Gasteiger partial charge in [-0.1, -0.05) is 212 Å². The van der Waals surface area contributed by atoms with Gasteiger partial charge in [-0.05, 0) is 69.1 Å². The number of hydrogen-bond donors (Lipinski definition) is 0. The lowest BCUT2D eigenvalue weighted by atomic mass is 9.98. The largest absolute Gasteiger partial charge is 0.309 e. The summed E-state index contributed by atoms with van der Waals surface area (Å²) in [6, 6.07) is 85.2. The van der Waals surface area contributed by atoms with Crippen molar-refractivity contribution in [1.29, 1.82) is 0 Å². The van der Waals surface area contributed by atoms with E-state index in [2.05, 4.69) is 212 Å². The van der Waals surface area contributed by atoms with Gasteiger partial charge in [0.1, 0.15) is 0 Å². The Morgan fingerprint density at radius 3 is 1.40 bits per heavy atom. The Morgan fingerprint density at radius 2 is 0.810 bits per heavy atom. The summed E-state index contributed by atoms with van der Waals surface area (Å²) in [5.41, 5.74) is 9.48. The Morgan fingerprint density at radius 1 is 0.333 bits per heavy atom. The van der Waals surface area contributed by atoms with Crippen LogP contribution in [0, 0.1) is 6.92 Å². The molecule has 0 spiro atoms. The highest BCUT2D eigenvalue weighted by Crippen LogP contribution is 2.38. The zero-order valence-corrected chi connectivity index (χ0v) is 35.8. The molecule has 0 fully saturated rings. The van der Waals surface area contributed by atoms with E-state index in [1.807, 2.05) is 36.4 Å². The normalized spacial score (nSPS) is 11.6. The van der Waals surface area contributed by atoms with Crippen molar-refractivity contribution in [3.63, 3.8) is 0 Å². The first-order valence-corrected chi connectivity index (χ1v) is 23.4. The Bertz CT molecular complexity index is 3230. The average Bonchev–Trinajstić information content (AvgIpc) is 3.69. The molecule has 0 radical (unpaired) electrons. The third kappa shape index (κ3) is 6.76. The van der Waals surface area contributed by atoms with Crippen molar-refractivity contribution in [2.24, 2.45) is 0 Å². The third-order valence-corrected chi connectivity index (χ3v) is 17.0. The first-order chi connectivity index (χ1) is 31.1. The van der Waals surface area contributed by atoms with Crippen LogP contribution >= 0.6 is 0 Å². The quantitative estimate of drug-likeness (QED) is 0.108. The van der Waals surface area contributed by atoms with E-state index in [0.717, 1.165) is 44.5 Å². The number of nitrogens with zero attached hydrogens (tertiary/aromatic N) is 4. The number of aryl methyl sites for hydroxylation is 1. The van der Waals surface area contributed by atoms with Gasteiger partial charge in [-0.25, -0.2) is 15.0 Å². The molecule has 0 aliphatic rings. The highest BCUT2D eigenvalue weighted by molar-refractivity contribution is 7.19. The molecule has 0 N–H and O–H groups in total. The Labute approximate surface area is 368 Å². The van der Waals surface area contributed by atoms with Gasteiger partial charge in [0.05, 0.1) is 11.0 Å². The van der Waals surface area contributed by atoms with Gasteiger partial charge < -0.3 is 4.57 Å². The molecule has 0 amide bonds. The fourth-order valence-electron chi connectivity index (χ4n) is 9.39. The summed E-state index contributed by atoms with van der Waals surface area (Å²) in [6.07, 6.45) is 0. The molecule has 11 rings (SSSR count). The monoisotopic (exact) mass is 822 g/mol. The highest BCUT2D eigenvalue weighted by atomic mass is 28.3. The summed E-state index contributed by atoms with van der Waals surface area (Å²) < 4.78 is 2.38. The van der Waals surface area contributed by atoms with Gasteiger partial charge in [-0.2, -0.15) is 0 Å². The van der Waals surface area contributed by atoms with Crippen LogP contribution in [-0.4, -0.2) is 27.6 Å². The summed E-state index contributed by atoms with van der Waals surface area (Å²) in [7, 11) is -2.83. The summed E-state index contributed by atoms with van der Waals surface area (Å²) >= 11 is 0. The standard InChI is InChI=1S/C58H42N4Si/c1-41-34-37-55-52(38-41)51-32-17-18-33-54(51)62(55)45-35-36-50(53(40-45)58-60-56(42-20-7-2-8-21-42)59-57(61-58)43-22-9-3-10-23-43)44-24-19-31-49(39-44)63(46-25-11-4-12-26-46,47-27-13-5-14-28-47)48-29-15-6-16-30-48/h2-40H,1H3. The van der Waals surface area contributed by atoms with Crippen LogP contribution in [0.1, 0.15) is 5.56 Å². The number of aromatic nitrogens is 4. The Hall–Kier alpha value is -7.99. The fraction of sp³-hybridized carbons (Fsp3) is 0.0172. The Balaban J connectivity index is 1.20. The van der Waals surface area contributed by atoms with E-state index < -0.39 is 8.07 Å². The maximum atomic E-state index is 5.34. The maximum absolute atomic E-state index is 5.34. The summed E-state index contributed by atoms with van der Waals surface area (Å²) in [6.45, 7) is 2.16. The SMILES string of the molecule is Cc1ccc2c(c1)c1ccccc1n2-c1ccc(-c2cccc([Si](c3ccccc3)(c3ccccc3)c3ccccc3)c2)c(-c2nc(-c3ccccc3)nc(-c3ccccc3)n2)c1. The van der Waals surface area contributed by atoms with Crippen molar-refractivity contribution in [2.45, 2.75) is 6.92 Å². The predicted octanol–water partition coefficient (Wildman–Crippen LogP) is 11.3. The maximum Gasteiger partial charge on any atom is 0.179 e. The second-order valence-corrected chi connectivity index (χ2v) is 19.9. The molecule has 0 saturated heterocycles. The van der Waals surface area contributed by atoms with Gasteiger partial charge in [-0.3, -0.25) is 0 Å². The minimum atomic E-state index is -2.83. The van der Waals surface area contributed by atoms with E-state index in [4.69, 9.17) is 15.0 Å². The third-order valence-electron chi connectivity index (χ3n) is 12.3. The van der Waals surface area contributed by atoms with Crippen LogP contribution < -0.4 is 20.7 Å². The second-order valence-electron chi connectivity index (χ2n) is 16.1. The average molecular weight is 823 g/mol. The van der Waals surface area contributed by atoms with Crippen LogP contribution in [0.2, 0.25) is 0 Å². The Kier molecular flexibility index (Phi) is 9.72. The molecule has 0 aliphatic carbocycles. The van der Waals surface area contributed by atoms with Gasteiger partial charge >= 0.3 is 0 Å². The molecule has 0 aliphatic heterocycles. The van der Waals surface area contributed by atoms with Crippen LogP contribution in [0.15, 0.2) is 237 Å². The van der Waals surface area contributed by atoms with Crippen LogP contribution in [0.3, 0.4) is 0 Å².